The minimum atomic E-state index is -0.765. The largest absolute Gasteiger partial charge is 0.392 e. The summed E-state index contributed by atoms with van der Waals surface area (Å²) in [6, 6.07) is 4.12. The zero-order valence-corrected chi connectivity index (χ0v) is 13.8. The molecule has 0 bridgehead atoms. The van der Waals surface area contributed by atoms with E-state index in [2.05, 4.69) is 17.4 Å². The smallest absolute Gasteiger partial charge is 0.237 e. The van der Waals surface area contributed by atoms with E-state index in [1.54, 1.807) is 0 Å². The lowest BCUT2D eigenvalue weighted by atomic mass is 9.81. The molecule has 3 nitrogen and oxygen atoms in total. The van der Waals surface area contributed by atoms with E-state index < -0.39 is 5.41 Å². The van der Waals surface area contributed by atoms with Crippen molar-refractivity contribution in [1.82, 2.24) is 0 Å². The quantitative estimate of drug-likeness (QED) is 0.815. The number of anilines is 1. The molecule has 1 aromatic rings. The van der Waals surface area contributed by atoms with Gasteiger partial charge in [0, 0.05) is 5.69 Å². The topological polar surface area (TPSA) is 55.1 Å². The first-order valence-corrected chi connectivity index (χ1v) is 7.38. The molecule has 110 valence electrons. The van der Waals surface area contributed by atoms with E-state index in [0.29, 0.717) is 12.8 Å². The molecule has 0 radical (unpaired) electrons. The van der Waals surface area contributed by atoms with Gasteiger partial charge in [-0.3, -0.25) is 4.79 Å². The van der Waals surface area contributed by atoms with Crippen LogP contribution in [-0.2, 0) is 4.79 Å². The Kier molecular flexibility index (Phi) is 5.28. The maximum Gasteiger partial charge on any atom is 0.237 e. The van der Waals surface area contributed by atoms with Crippen LogP contribution in [0.3, 0.4) is 0 Å². The van der Waals surface area contributed by atoms with Crippen LogP contribution in [0.5, 0.6) is 0 Å². The third-order valence-electron chi connectivity index (χ3n) is 4.03. The number of amides is 1. The molecule has 0 spiro atoms. The van der Waals surface area contributed by atoms with Crippen LogP contribution < -0.4 is 11.1 Å². The summed E-state index contributed by atoms with van der Waals surface area (Å²) in [4.78, 5) is 12.9. The van der Waals surface area contributed by atoms with Crippen LogP contribution in [0.4, 0.5) is 5.69 Å². The number of aryl methyl sites for hydroxylation is 3. The molecule has 20 heavy (non-hydrogen) atoms. The molecule has 0 aliphatic rings. The van der Waals surface area contributed by atoms with E-state index in [9.17, 15) is 4.79 Å². The van der Waals surface area contributed by atoms with Gasteiger partial charge in [0.05, 0.1) is 10.4 Å². The zero-order valence-electron chi connectivity index (χ0n) is 13.0. The van der Waals surface area contributed by atoms with E-state index in [1.165, 1.54) is 5.56 Å². The Bertz CT molecular complexity index is 510. The maximum absolute atomic E-state index is 12.6. The number of carbonyl (C=O) groups is 1. The van der Waals surface area contributed by atoms with Gasteiger partial charge in [0.25, 0.3) is 0 Å². The highest BCUT2D eigenvalue weighted by molar-refractivity contribution is 7.80. The van der Waals surface area contributed by atoms with Gasteiger partial charge in [0.1, 0.15) is 0 Å². The van der Waals surface area contributed by atoms with Crippen molar-refractivity contribution in [2.45, 2.75) is 47.5 Å². The fraction of sp³-hybridized carbons (Fsp3) is 0.500. The van der Waals surface area contributed by atoms with Gasteiger partial charge in [0.2, 0.25) is 5.91 Å². The number of nitrogens with two attached hydrogens (primary N) is 1. The lowest BCUT2D eigenvalue weighted by molar-refractivity contribution is -0.122. The molecule has 3 N–H and O–H groups in total. The van der Waals surface area contributed by atoms with Crippen LogP contribution in [0.15, 0.2) is 12.1 Å². The summed E-state index contributed by atoms with van der Waals surface area (Å²) in [7, 11) is 0. The maximum atomic E-state index is 12.6. The molecule has 1 rings (SSSR count). The van der Waals surface area contributed by atoms with Crippen LogP contribution in [0.25, 0.3) is 0 Å². The molecule has 0 saturated carbocycles. The molecule has 0 atom stereocenters. The monoisotopic (exact) mass is 292 g/mol. The minimum absolute atomic E-state index is 0.106. The average Bonchev–Trinajstić information content (AvgIpc) is 2.35. The van der Waals surface area contributed by atoms with Gasteiger partial charge >= 0.3 is 0 Å². The normalized spacial score (nSPS) is 11.2. The first kappa shape index (κ1) is 16.6. The third-order valence-corrected chi connectivity index (χ3v) is 4.42. The second-order valence-electron chi connectivity index (χ2n) is 5.38. The lowest BCUT2D eigenvalue weighted by Gasteiger charge is -2.29. The van der Waals surface area contributed by atoms with Crippen LogP contribution in [0.1, 0.15) is 43.4 Å². The second-order valence-corrected chi connectivity index (χ2v) is 5.82. The predicted octanol–water partition coefficient (Wildman–Crippen LogP) is 3.64. The molecular weight excluding hydrogens is 268 g/mol. The Hall–Kier alpha value is -1.42. The van der Waals surface area contributed by atoms with Crippen LogP contribution in [0.2, 0.25) is 0 Å². The number of benzene rings is 1. The number of rotatable bonds is 5. The van der Waals surface area contributed by atoms with E-state index in [1.807, 2.05) is 34.6 Å². The number of hydrogen-bond donors (Lipinski definition) is 2. The number of nitrogens with one attached hydrogen (secondary N) is 1. The van der Waals surface area contributed by atoms with Crippen molar-refractivity contribution in [2.75, 3.05) is 5.32 Å². The standard InChI is InChI=1S/C16H24N2OS/c1-6-16(7-2,14(17)20)15(19)18-13-11(4)8-10(3)9-12(13)5/h8-9H,6-7H2,1-5H3,(H2,17,20)(H,18,19). The first-order chi connectivity index (χ1) is 9.28. The highest BCUT2D eigenvalue weighted by Gasteiger charge is 2.38. The molecule has 0 fully saturated rings. The average molecular weight is 292 g/mol. The summed E-state index contributed by atoms with van der Waals surface area (Å²) < 4.78 is 0. The molecular formula is C16H24N2OS. The Morgan fingerprint density at radius 1 is 1.20 bits per heavy atom. The molecule has 0 aromatic heterocycles. The predicted molar refractivity (Wildman–Crippen MR) is 89.1 cm³/mol. The number of carbonyl (C=O) groups excluding carboxylic acids is 1. The molecule has 0 heterocycles. The SMILES string of the molecule is CCC(CC)(C(=O)Nc1c(C)cc(C)cc1C)C(N)=S. The molecule has 1 aromatic carbocycles. The fourth-order valence-electron chi connectivity index (χ4n) is 2.64. The summed E-state index contributed by atoms with van der Waals surface area (Å²) in [5.74, 6) is -0.106. The Labute approximate surface area is 126 Å². The molecule has 0 saturated heterocycles. The fourth-order valence-corrected chi connectivity index (χ4v) is 3.02. The van der Waals surface area contributed by atoms with E-state index in [0.717, 1.165) is 16.8 Å². The summed E-state index contributed by atoms with van der Waals surface area (Å²) >= 11 is 5.12. The van der Waals surface area contributed by atoms with Gasteiger partial charge < -0.3 is 11.1 Å². The molecule has 4 heteroatoms. The summed E-state index contributed by atoms with van der Waals surface area (Å²) in [6.07, 6.45) is 1.21. The van der Waals surface area contributed by atoms with Crippen molar-refractivity contribution >= 4 is 28.8 Å². The van der Waals surface area contributed by atoms with E-state index in [4.69, 9.17) is 18.0 Å². The van der Waals surface area contributed by atoms with Gasteiger partial charge in [-0.15, -0.1) is 0 Å². The van der Waals surface area contributed by atoms with E-state index >= 15 is 0 Å². The number of thiocarbonyl (C=S) groups is 1. The minimum Gasteiger partial charge on any atom is -0.392 e. The second kappa shape index (κ2) is 6.35. The lowest BCUT2D eigenvalue weighted by Crippen LogP contribution is -2.45. The van der Waals surface area contributed by atoms with Gasteiger partial charge in [-0.1, -0.05) is 43.8 Å². The van der Waals surface area contributed by atoms with Crippen molar-refractivity contribution in [1.29, 1.82) is 0 Å². The first-order valence-electron chi connectivity index (χ1n) is 6.97. The zero-order chi connectivity index (χ0) is 15.5. The van der Waals surface area contributed by atoms with Crippen LogP contribution >= 0.6 is 12.2 Å². The molecule has 0 aliphatic carbocycles. The Balaban J connectivity index is 3.16. The summed E-state index contributed by atoms with van der Waals surface area (Å²) in [5.41, 5.74) is 9.21. The van der Waals surface area contributed by atoms with Crippen LogP contribution in [-0.4, -0.2) is 10.9 Å². The van der Waals surface area contributed by atoms with Gasteiger partial charge in [-0.05, 0) is 44.7 Å². The van der Waals surface area contributed by atoms with E-state index in [-0.39, 0.29) is 10.9 Å². The summed E-state index contributed by atoms with van der Waals surface area (Å²) in [5, 5.41) is 3.02. The molecule has 0 aliphatic heterocycles. The Morgan fingerprint density at radius 2 is 1.65 bits per heavy atom. The highest BCUT2D eigenvalue weighted by atomic mass is 32.1. The highest BCUT2D eigenvalue weighted by Crippen LogP contribution is 2.30. The third kappa shape index (κ3) is 3.01. The van der Waals surface area contributed by atoms with Gasteiger partial charge in [0.15, 0.2) is 0 Å². The Morgan fingerprint density at radius 3 is 2.00 bits per heavy atom. The van der Waals surface area contributed by atoms with Gasteiger partial charge in [-0.2, -0.15) is 0 Å². The molecule has 1 amide bonds. The van der Waals surface area contributed by atoms with Crippen molar-refractivity contribution in [3.8, 4) is 0 Å². The van der Waals surface area contributed by atoms with Crippen molar-refractivity contribution < 1.29 is 4.79 Å². The van der Waals surface area contributed by atoms with Crippen molar-refractivity contribution in [3.05, 3.63) is 28.8 Å². The summed E-state index contributed by atoms with van der Waals surface area (Å²) in [6.45, 7) is 9.92. The van der Waals surface area contributed by atoms with Crippen molar-refractivity contribution in [2.24, 2.45) is 11.1 Å². The molecule has 0 unspecified atom stereocenters. The van der Waals surface area contributed by atoms with Crippen molar-refractivity contribution in [3.63, 3.8) is 0 Å². The van der Waals surface area contributed by atoms with Gasteiger partial charge in [-0.25, -0.2) is 0 Å². The van der Waals surface area contributed by atoms with Crippen LogP contribution in [0, 0.1) is 26.2 Å². The number of hydrogen-bond acceptors (Lipinski definition) is 2.